The summed E-state index contributed by atoms with van der Waals surface area (Å²) in [5.41, 5.74) is 14.1. The lowest BCUT2D eigenvalue weighted by Crippen LogP contribution is -2.31. The lowest BCUT2D eigenvalue weighted by Gasteiger charge is -2.39. The van der Waals surface area contributed by atoms with Gasteiger partial charge in [-0.2, -0.15) is 0 Å². The van der Waals surface area contributed by atoms with Gasteiger partial charge in [0.25, 0.3) is 0 Å². The van der Waals surface area contributed by atoms with Crippen molar-refractivity contribution in [1.29, 1.82) is 0 Å². The van der Waals surface area contributed by atoms with Crippen LogP contribution in [0, 0.1) is 13.8 Å². The molecule has 0 bridgehead atoms. The highest BCUT2D eigenvalue weighted by Crippen LogP contribution is 2.53. The molecule has 4 aromatic carbocycles. The van der Waals surface area contributed by atoms with Crippen molar-refractivity contribution in [2.75, 3.05) is 4.90 Å². The van der Waals surface area contributed by atoms with Gasteiger partial charge in [0.05, 0.1) is 6.04 Å². The Labute approximate surface area is 193 Å². The molecule has 1 atom stereocenters. The molecule has 1 N–H and O–H groups in total. The Morgan fingerprint density at radius 2 is 1.55 bits per heavy atom. The lowest BCUT2D eigenvalue weighted by molar-refractivity contribution is 0.826. The van der Waals surface area contributed by atoms with E-state index >= 15 is 0 Å². The molecule has 158 valence electrons. The van der Waals surface area contributed by atoms with Gasteiger partial charge in [-0.05, 0) is 60.4 Å². The normalized spacial score (nSPS) is 16.0. The Kier molecular flexibility index (Phi) is 3.78. The third kappa shape index (κ3) is 2.61. The molecule has 2 nitrogen and oxygen atoms in total. The van der Waals surface area contributed by atoms with E-state index < -0.39 is 0 Å². The minimum Gasteiger partial charge on any atom is -0.361 e. The molecule has 0 fully saturated rings. The van der Waals surface area contributed by atoms with Crippen molar-refractivity contribution in [1.82, 2.24) is 4.98 Å². The number of hydrogen-bond donors (Lipinski definition) is 1. The van der Waals surface area contributed by atoms with Gasteiger partial charge in [0.1, 0.15) is 0 Å². The summed E-state index contributed by atoms with van der Waals surface area (Å²) in [5.74, 6) is 0. The second kappa shape index (κ2) is 6.73. The maximum absolute atomic E-state index is 3.57. The van der Waals surface area contributed by atoms with Crippen LogP contribution in [0.4, 0.5) is 5.69 Å². The number of benzene rings is 4. The molecule has 0 amide bonds. The molecule has 1 unspecified atom stereocenters. The first-order chi connectivity index (χ1) is 16.2. The first kappa shape index (κ1) is 18.5. The highest BCUT2D eigenvalue weighted by molar-refractivity contribution is 6.07. The van der Waals surface area contributed by atoms with Crippen LogP contribution >= 0.6 is 0 Å². The van der Waals surface area contributed by atoms with Crippen molar-refractivity contribution in [2.24, 2.45) is 0 Å². The number of hydrogen-bond acceptors (Lipinski definition) is 1. The number of fused-ring (bicyclic) bond motifs is 7. The van der Waals surface area contributed by atoms with Crippen molar-refractivity contribution in [2.45, 2.75) is 19.9 Å². The summed E-state index contributed by atoms with van der Waals surface area (Å²) in [4.78, 5) is 6.13. The number of nitrogens with one attached hydrogen (secondary N) is 1. The van der Waals surface area contributed by atoms with Gasteiger partial charge in [0, 0.05) is 39.6 Å². The molecule has 5 aromatic rings. The van der Waals surface area contributed by atoms with Crippen LogP contribution in [0.1, 0.15) is 39.4 Å². The van der Waals surface area contributed by atoms with Gasteiger partial charge in [-0.15, -0.1) is 0 Å². The monoisotopic (exact) mass is 424 g/mol. The quantitative estimate of drug-likeness (QED) is 0.290. The number of aromatic nitrogens is 1. The van der Waals surface area contributed by atoms with Crippen LogP contribution in [-0.4, -0.2) is 4.98 Å². The van der Waals surface area contributed by atoms with Crippen LogP contribution in [-0.2, 0) is 0 Å². The minimum absolute atomic E-state index is 0.0985. The molecule has 33 heavy (non-hydrogen) atoms. The summed E-state index contributed by atoms with van der Waals surface area (Å²) < 4.78 is 0. The molecular formula is C31H24N2. The van der Waals surface area contributed by atoms with Crippen LogP contribution in [0.5, 0.6) is 0 Å². The number of aromatic amines is 1. The van der Waals surface area contributed by atoms with Crippen LogP contribution in [0.25, 0.3) is 33.8 Å². The van der Waals surface area contributed by atoms with Crippen molar-refractivity contribution in [3.8, 4) is 11.1 Å². The first-order valence-corrected chi connectivity index (χ1v) is 11.6. The lowest BCUT2D eigenvalue weighted by atomic mass is 9.87. The SMILES string of the molecule is Cc1ccc(C2=Cc3ccccc3C3c4c[nH]c5cccc(c45)-c4cc(C)ccc4N23)cc1. The number of rotatable bonds is 1. The van der Waals surface area contributed by atoms with Gasteiger partial charge in [0.2, 0.25) is 0 Å². The van der Waals surface area contributed by atoms with Crippen molar-refractivity contribution in [3.05, 3.63) is 125 Å². The van der Waals surface area contributed by atoms with Crippen molar-refractivity contribution < 1.29 is 0 Å². The molecule has 3 heterocycles. The molecule has 0 spiro atoms. The summed E-state index contributed by atoms with van der Waals surface area (Å²) >= 11 is 0. The molecular weight excluding hydrogens is 400 g/mol. The zero-order valence-corrected chi connectivity index (χ0v) is 18.8. The van der Waals surface area contributed by atoms with E-state index in [0.717, 1.165) is 0 Å². The van der Waals surface area contributed by atoms with Gasteiger partial charge in [-0.3, -0.25) is 0 Å². The second-order valence-corrected chi connectivity index (χ2v) is 9.29. The van der Waals surface area contributed by atoms with Crippen LogP contribution in [0.15, 0.2) is 91.1 Å². The van der Waals surface area contributed by atoms with Crippen LogP contribution in [0.2, 0.25) is 0 Å². The predicted octanol–water partition coefficient (Wildman–Crippen LogP) is 7.87. The number of nitrogens with zero attached hydrogens (tertiary/aromatic N) is 1. The van der Waals surface area contributed by atoms with Gasteiger partial charge < -0.3 is 9.88 Å². The molecule has 0 saturated carbocycles. The highest BCUT2D eigenvalue weighted by atomic mass is 15.2. The van der Waals surface area contributed by atoms with Crippen LogP contribution in [0.3, 0.4) is 0 Å². The van der Waals surface area contributed by atoms with E-state index in [1.165, 1.54) is 66.8 Å². The summed E-state index contributed by atoms with van der Waals surface area (Å²) in [5, 5.41) is 1.33. The molecule has 2 aliphatic heterocycles. The van der Waals surface area contributed by atoms with E-state index in [1.54, 1.807) is 0 Å². The molecule has 0 radical (unpaired) electrons. The number of H-pyrrole nitrogens is 1. The fourth-order valence-corrected chi connectivity index (χ4v) is 5.64. The van der Waals surface area contributed by atoms with Crippen LogP contribution < -0.4 is 4.90 Å². The maximum Gasteiger partial charge on any atom is 0.0871 e. The van der Waals surface area contributed by atoms with E-state index in [1.807, 2.05) is 0 Å². The van der Waals surface area contributed by atoms with Crippen molar-refractivity contribution >= 4 is 28.4 Å². The predicted molar refractivity (Wildman–Crippen MR) is 138 cm³/mol. The number of anilines is 1. The van der Waals surface area contributed by atoms with E-state index in [9.17, 15) is 0 Å². The molecule has 2 heteroatoms. The Hall–Kier alpha value is -4.04. The number of aryl methyl sites for hydroxylation is 2. The average Bonchev–Trinajstić information content (AvgIpc) is 3.22. The second-order valence-electron chi connectivity index (χ2n) is 9.29. The standard InChI is InChI=1S/C31H24N2/c1-19-10-13-21(14-11-19)29-17-22-6-3-4-7-23(22)31-26-18-32-27-9-5-8-24(30(26)27)25-16-20(2)12-15-28(25)33(29)31/h3-18,31-32H,1-2H3. The van der Waals surface area contributed by atoms with Crippen molar-refractivity contribution in [3.63, 3.8) is 0 Å². The third-order valence-corrected chi connectivity index (χ3v) is 7.18. The Morgan fingerprint density at radius 1 is 0.727 bits per heavy atom. The summed E-state index contributed by atoms with van der Waals surface area (Å²) in [6, 6.07) is 31.4. The zero-order chi connectivity index (χ0) is 22.1. The summed E-state index contributed by atoms with van der Waals surface area (Å²) in [6.07, 6.45) is 4.58. The van der Waals surface area contributed by atoms with Gasteiger partial charge >= 0.3 is 0 Å². The van der Waals surface area contributed by atoms with Gasteiger partial charge in [-0.1, -0.05) is 77.9 Å². The van der Waals surface area contributed by atoms with Gasteiger partial charge in [0.15, 0.2) is 0 Å². The molecule has 0 saturated heterocycles. The molecule has 7 rings (SSSR count). The minimum atomic E-state index is 0.0985. The maximum atomic E-state index is 3.57. The fourth-order valence-electron chi connectivity index (χ4n) is 5.64. The van der Waals surface area contributed by atoms with E-state index in [4.69, 9.17) is 0 Å². The van der Waals surface area contributed by atoms with E-state index in [0.29, 0.717) is 0 Å². The Balaban J connectivity index is 1.63. The van der Waals surface area contributed by atoms with E-state index in [2.05, 4.69) is 121 Å². The molecule has 2 aliphatic rings. The summed E-state index contributed by atoms with van der Waals surface area (Å²) in [7, 11) is 0. The third-order valence-electron chi connectivity index (χ3n) is 7.18. The smallest absolute Gasteiger partial charge is 0.0871 e. The summed E-state index contributed by atoms with van der Waals surface area (Å²) in [6.45, 7) is 4.33. The fraction of sp³-hybridized carbons (Fsp3) is 0.0968. The van der Waals surface area contributed by atoms with Gasteiger partial charge in [-0.25, -0.2) is 0 Å². The largest absolute Gasteiger partial charge is 0.361 e. The molecule has 1 aromatic heterocycles. The first-order valence-electron chi connectivity index (χ1n) is 11.6. The Morgan fingerprint density at radius 3 is 2.42 bits per heavy atom. The topological polar surface area (TPSA) is 19.0 Å². The van der Waals surface area contributed by atoms with E-state index in [-0.39, 0.29) is 6.04 Å². The average molecular weight is 425 g/mol. The highest BCUT2D eigenvalue weighted by Gasteiger charge is 2.37. The zero-order valence-electron chi connectivity index (χ0n) is 18.8. The molecule has 0 aliphatic carbocycles. The Bertz CT molecular complexity index is 1580.